The van der Waals surface area contributed by atoms with E-state index >= 15 is 0 Å². The van der Waals surface area contributed by atoms with Crippen molar-refractivity contribution < 1.29 is 0 Å². The summed E-state index contributed by atoms with van der Waals surface area (Å²) < 4.78 is 2.31. The lowest BCUT2D eigenvalue weighted by Gasteiger charge is -2.20. The van der Waals surface area contributed by atoms with E-state index in [0.717, 1.165) is 24.4 Å². The first-order chi connectivity index (χ1) is 10.5. The minimum atomic E-state index is 0.0791. The number of benzene rings is 2. The van der Waals surface area contributed by atoms with E-state index in [0.29, 0.717) is 0 Å². The van der Waals surface area contributed by atoms with Crippen LogP contribution in [0.4, 0.5) is 0 Å². The topological polar surface area (TPSA) is 29.9 Å². The van der Waals surface area contributed by atoms with Gasteiger partial charge in [0.15, 0.2) is 0 Å². The lowest BCUT2D eigenvalue weighted by Crippen LogP contribution is -2.36. The van der Waals surface area contributed by atoms with Crippen molar-refractivity contribution in [1.29, 1.82) is 0 Å². The molecule has 0 unspecified atom stereocenters. The van der Waals surface area contributed by atoms with Crippen LogP contribution in [0.1, 0.15) is 32.2 Å². The predicted octanol–water partition coefficient (Wildman–Crippen LogP) is 3.97. The number of para-hydroxylation sites is 2. The van der Waals surface area contributed by atoms with E-state index in [1.807, 2.05) is 6.07 Å². The highest BCUT2D eigenvalue weighted by molar-refractivity contribution is 5.76. The van der Waals surface area contributed by atoms with E-state index in [1.165, 1.54) is 11.1 Å². The summed E-state index contributed by atoms with van der Waals surface area (Å²) in [7, 11) is 0. The normalized spacial score (nSPS) is 12.0. The fraction of sp³-hybridized carbons (Fsp3) is 0.316. The third kappa shape index (κ3) is 3.37. The molecule has 2 aromatic carbocycles. The molecule has 1 N–H and O–H groups in total. The predicted molar refractivity (Wildman–Crippen MR) is 91.9 cm³/mol. The van der Waals surface area contributed by atoms with Gasteiger partial charge in [-0.3, -0.25) is 0 Å². The summed E-state index contributed by atoms with van der Waals surface area (Å²) >= 11 is 0. The van der Waals surface area contributed by atoms with Gasteiger partial charge < -0.3 is 9.88 Å². The van der Waals surface area contributed by atoms with E-state index in [2.05, 4.69) is 79.2 Å². The second-order valence-corrected chi connectivity index (χ2v) is 6.69. The van der Waals surface area contributed by atoms with Crippen LogP contribution in [-0.2, 0) is 13.1 Å². The number of nitrogens with zero attached hydrogens (tertiary/aromatic N) is 2. The molecule has 0 aliphatic heterocycles. The Morgan fingerprint density at radius 1 is 0.955 bits per heavy atom. The monoisotopic (exact) mass is 293 g/mol. The molecule has 0 atom stereocenters. The maximum Gasteiger partial charge on any atom is 0.124 e. The Morgan fingerprint density at radius 2 is 1.64 bits per heavy atom. The Labute approximate surface area is 132 Å². The van der Waals surface area contributed by atoms with E-state index < -0.39 is 0 Å². The van der Waals surface area contributed by atoms with Gasteiger partial charge in [-0.2, -0.15) is 0 Å². The molecule has 0 radical (unpaired) electrons. The maximum absolute atomic E-state index is 4.81. The molecule has 0 aliphatic carbocycles. The molecule has 1 aromatic heterocycles. The molecular weight excluding hydrogens is 270 g/mol. The first-order valence-electron chi connectivity index (χ1n) is 7.76. The van der Waals surface area contributed by atoms with Crippen LogP contribution in [0.2, 0.25) is 0 Å². The zero-order valence-corrected chi connectivity index (χ0v) is 13.5. The summed E-state index contributed by atoms with van der Waals surface area (Å²) in [6.07, 6.45) is 0. The molecule has 0 bridgehead atoms. The fourth-order valence-corrected chi connectivity index (χ4v) is 2.55. The number of aromatic nitrogens is 2. The van der Waals surface area contributed by atoms with Crippen LogP contribution in [0.3, 0.4) is 0 Å². The van der Waals surface area contributed by atoms with Gasteiger partial charge in [-0.1, -0.05) is 42.5 Å². The standard InChI is InChI=1S/C19H23N3/c1-19(2,3)20-13-18-21-16-11-7-8-12-17(16)22(18)14-15-9-5-4-6-10-15/h4-12,20H,13-14H2,1-3H3. The Bertz CT molecular complexity index is 751. The van der Waals surface area contributed by atoms with Gasteiger partial charge in [0.05, 0.1) is 17.6 Å². The van der Waals surface area contributed by atoms with Gasteiger partial charge >= 0.3 is 0 Å². The molecule has 3 rings (SSSR count). The quantitative estimate of drug-likeness (QED) is 0.788. The van der Waals surface area contributed by atoms with Gasteiger partial charge in [0.2, 0.25) is 0 Å². The van der Waals surface area contributed by atoms with Crippen molar-refractivity contribution in [2.24, 2.45) is 0 Å². The number of rotatable bonds is 4. The van der Waals surface area contributed by atoms with Crippen molar-refractivity contribution in [2.75, 3.05) is 0 Å². The lowest BCUT2D eigenvalue weighted by atomic mass is 10.1. The van der Waals surface area contributed by atoms with Crippen molar-refractivity contribution in [3.63, 3.8) is 0 Å². The summed E-state index contributed by atoms with van der Waals surface area (Å²) in [6.45, 7) is 8.15. The van der Waals surface area contributed by atoms with Gasteiger partial charge in [-0.25, -0.2) is 4.98 Å². The van der Waals surface area contributed by atoms with Gasteiger partial charge in [0.25, 0.3) is 0 Å². The van der Waals surface area contributed by atoms with Crippen molar-refractivity contribution in [3.8, 4) is 0 Å². The molecule has 3 aromatic rings. The van der Waals surface area contributed by atoms with Crippen LogP contribution in [0.25, 0.3) is 11.0 Å². The Balaban J connectivity index is 1.97. The highest BCUT2D eigenvalue weighted by Crippen LogP contribution is 2.18. The van der Waals surface area contributed by atoms with E-state index in [4.69, 9.17) is 4.98 Å². The molecule has 3 heteroatoms. The summed E-state index contributed by atoms with van der Waals surface area (Å²) in [5.74, 6) is 1.08. The van der Waals surface area contributed by atoms with Crippen LogP contribution in [0, 0.1) is 0 Å². The third-order valence-electron chi connectivity index (χ3n) is 3.69. The number of fused-ring (bicyclic) bond motifs is 1. The zero-order chi connectivity index (χ0) is 15.6. The highest BCUT2D eigenvalue weighted by atomic mass is 15.1. The molecule has 0 amide bonds. The van der Waals surface area contributed by atoms with Gasteiger partial charge in [-0.15, -0.1) is 0 Å². The van der Waals surface area contributed by atoms with E-state index in [-0.39, 0.29) is 5.54 Å². The van der Waals surface area contributed by atoms with Gasteiger partial charge in [0, 0.05) is 12.1 Å². The third-order valence-corrected chi connectivity index (χ3v) is 3.69. The van der Waals surface area contributed by atoms with Crippen molar-refractivity contribution in [3.05, 3.63) is 66.0 Å². The first kappa shape index (κ1) is 14.8. The summed E-state index contributed by atoms with van der Waals surface area (Å²) in [5, 5.41) is 3.54. The zero-order valence-electron chi connectivity index (χ0n) is 13.5. The fourth-order valence-electron chi connectivity index (χ4n) is 2.55. The van der Waals surface area contributed by atoms with Crippen LogP contribution < -0.4 is 5.32 Å². The van der Waals surface area contributed by atoms with Gasteiger partial charge in [-0.05, 0) is 38.5 Å². The lowest BCUT2D eigenvalue weighted by molar-refractivity contribution is 0.414. The van der Waals surface area contributed by atoms with Crippen molar-refractivity contribution in [2.45, 2.75) is 39.4 Å². The minimum absolute atomic E-state index is 0.0791. The second-order valence-electron chi connectivity index (χ2n) is 6.69. The van der Waals surface area contributed by atoms with E-state index in [1.54, 1.807) is 0 Å². The molecule has 0 spiro atoms. The Kier molecular flexibility index (Phi) is 3.99. The summed E-state index contributed by atoms with van der Waals surface area (Å²) in [5.41, 5.74) is 3.62. The Hall–Kier alpha value is -2.13. The smallest absolute Gasteiger partial charge is 0.124 e. The molecule has 0 saturated heterocycles. The first-order valence-corrected chi connectivity index (χ1v) is 7.76. The molecule has 0 aliphatic rings. The number of hydrogen-bond donors (Lipinski definition) is 1. The van der Waals surface area contributed by atoms with E-state index in [9.17, 15) is 0 Å². The average Bonchev–Trinajstić information content (AvgIpc) is 2.84. The summed E-state index contributed by atoms with van der Waals surface area (Å²) in [6, 6.07) is 18.9. The Morgan fingerprint density at radius 3 is 2.36 bits per heavy atom. The number of nitrogens with one attached hydrogen (secondary N) is 1. The largest absolute Gasteiger partial charge is 0.322 e. The van der Waals surface area contributed by atoms with Crippen LogP contribution >= 0.6 is 0 Å². The second kappa shape index (κ2) is 5.93. The average molecular weight is 293 g/mol. The molecular formula is C19H23N3. The molecule has 1 heterocycles. The molecule has 114 valence electrons. The SMILES string of the molecule is CC(C)(C)NCc1nc2ccccc2n1Cc1ccccc1. The van der Waals surface area contributed by atoms with Crippen LogP contribution in [-0.4, -0.2) is 15.1 Å². The number of imidazole rings is 1. The molecule has 22 heavy (non-hydrogen) atoms. The van der Waals surface area contributed by atoms with Crippen LogP contribution in [0.15, 0.2) is 54.6 Å². The minimum Gasteiger partial charge on any atom is -0.322 e. The van der Waals surface area contributed by atoms with Crippen molar-refractivity contribution in [1.82, 2.24) is 14.9 Å². The number of hydrogen-bond acceptors (Lipinski definition) is 2. The van der Waals surface area contributed by atoms with Crippen LogP contribution in [0.5, 0.6) is 0 Å². The summed E-state index contributed by atoms with van der Waals surface area (Å²) in [4.78, 5) is 4.81. The molecule has 3 nitrogen and oxygen atoms in total. The van der Waals surface area contributed by atoms with Gasteiger partial charge in [0.1, 0.15) is 5.82 Å². The molecule has 0 saturated carbocycles. The maximum atomic E-state index is 4.81. The highest BCUT2D eigenvalue weighted by Gasteiger charge is 2.14. The van der Waals surface area contributed by atoms with Crippen molar-refractivity contribution >= 4 is 11.0 Å². The molecule has 0 fully saturated rings.